The zero-order chi connectivity index (χ0) is 13.8. The second kappa shape index (κ2) is 6.50. The van der Waals surface area contributed by atoms with E-state index in [0.29, 0.717) is 4.90 Å². The van der Waals surface area contributed by atoms with Crippen molar-refractivity contribution in [2.45, 2.75) is 16.3 Å². The molecular weight excluding hydrogens is 332 g/mol. The van der Waals surface area contributed by atoms with Gasteiger partial charge in [0.1, 0.15) is 0 Å². The fraction of sp³-hybridized carbons (Fsp3) is 0.143. The van der Waals surface area contributed by atoms with Crippen LogP contribution in [0.15, 0.2) is 50.7 Å². The van der Waals surface area contributed by atoms with Crippen LogP contribution < -0.4 is 5.32 Å². The lowest BCUT2D eigenvalue weighted by molar-refractivity contribution is 0.506. The largest absolute Gasteiger partial charge is 0.316 e. The summed E-state index contributed by atoms with van der Waals surface area (Å²) < 4.78 is 27.0. The zero-order valence-electron chi connectivity index (χ0n) is 10.2. The second-order valence-electron chi connectivity index (χ2n) is 3.96. The summed E-state index contributed by atoms with van der Waals surface area (Å²) in [6.45, 7) is 0.775. The molecule has 0 heterocycles. The molecule has 1 nitrogen and oxygen atoms in total. The van der Waals surface area contributed by atoms with Crippen molar-refractivity contribution < 1.29 is 8.78 Å². The molecule has 2 aromatic rings. The van der Waals surface area contributed by atoms with Gasteiger partial charge in [-0.3, -0.25) is 0 Å². The molecule has 0 aromatic heterocycles. The minimum absolute atomic E-state index is 0.673. The van der Waals surface area contributed by atoms with Crippen LogP contribution in [0.3, 0.4) is 0 Å². The molecule has 0 aliphatic rings. The van der Waals surface area contributed by atoms with Gasteiger partial charge in [0.25, 0.3) is 0 Å². The van der Waals surface area contributed by atoms with Gasteiger partial charge in [0, 0.05) is 20.8 Å². The summed E-state index contributed by atoms with van der Waals surface area (Å²) >= 11 is 4.89. The van der Waals surface area contributed by atoms with E-state index in [0.717, 1.165) is 27.5 Å². The molecule has 0 bridgehead atoms. The number of hydrogen-bond donors (Lipinski definition) is 1. The third-order valence-electron chi connectivity index (χ3n) is 2.52. The summed E-state index contributed by atoms with van der Waals surface area (Å²) in [6, 6.07) is 9.85. The van der Waals surface area contributed by atoms with Crippen molar-refractivity contribution in [2.24, 2.45) is 0 Å². The summed E-state index contributed by atoms with van der Waals surface area (Å²) in [5.41, 5.74) is 1.15. The minimum atomic E-state index is -0.824. The Balaban J connectivity index is 2.19. The molecular formula is C14H12BrF2NS. The van der Waals surface area contributed by atoms with E-state index < -0.39 is 11.6 Å². The van der Waals surface area contributed by atoms with E-state index in [1.807, 2.05) is 25.2 Å². The third-order valence-corrected chi connectivity index (χ3v) is 4.24. The monoisotopic (exact) mass is 343 g/mol. The van der Waals surface area contributed by atoms with Crippen LogP contribution in [-0.2, 0) is 6.54 Å². The molecule has 5 heteroatoms. The molecule has 0 atom stereocenters. The van der Waals surface area contributed by atoms with Crippen LogP contribution in [0, 0.1) is 11.6 Å². The normalized spacial score (nSPS) is 10.7. The van der Waals surface area contributed by atoms with E-state index >= 15 is 0 Å². The Kier molecular flexibility index (Phi) is 4.96. The van der Waals surface area contributed by atoms with Crippen molar-refractivity contribution in [3.8, 4) is 0 Å². The highest BCUT2D eigenvalue weighted by Gasteiger charge is 2.06. The summed E-state index contributed by atoms with van der Waals surface area (Å²) in [5.74, 6) is -1.65. The minimum Gasteiger partial charge on any atom is -0.316 e. The van der Waals surface area contributed by atoms with Crippen molar-refractivity contribution in [3.05, 3.63) is 58.1 Å². The van der Waals surface area contributed by atoms with Gasteiger partial charge >= 0.3 is 0 Å². The SMILES string of the molecule is CNCc1ccc(Sc2ccc(F)c(F)c2)cc1Br. The van der Waals surface area contributed by atoms with Gasteiger partial charge in [0.15, 0.2) is 11.6 Å². The van der Waals surface area contributed by atoms with Crippen molar-refractivity contribution in [3.63, 3.8) is 0 Å². The molecule has 0 aliphatic heterocycles. The third kappa shape index (κ3) is 3.78. The van der Waals surface area contributed by atoms with Crippen LogP contribution in [0.25, 0.3) is 0 Å². The Bertz CT molecular complexity index is 590. The first-order valence-corrected chi connectivity index (χ1v) is 7.27. The second-order valence-corrected chi connectivity index (χ2v) is 5.96. The number of nitrogens with one attached hydrogen (secondary N) is 1. The number of halogens is 3. The first-order chi connectivity index (χ1) is 9.10. The van der Waals surface area contributed by atoms with Crippen LogP contribution in [0.4, 0.5) is 8.78 Å². The highest BCUT2D eigenvalue weighted by molar-refractivity contribution is 9.10. The van der Waals surface area contributed by atoms with Gasteiger partial charge in [0.2, 0.25) is 0 Å². The van der Waals surface area contributed by atoms with Crippen molar-refractivity contribution in [1.29, 1.82) is 0 Å². The lowest BCUT2D eigenvalue weighted by Gasteiger charge is -2.07. The van der Waals surface area contributed by atoms with E-state index in [9.17, 15) is 8.78 Å². The van der Waals surface area contributed by atoms with Crippen molar-refractivity contribution in [1.82, 2.24) is 5.32 Å². The molecule has 0 aliphatic carbocycles. The molecule has 2 rings (SSSR count). The molecule has 0 amide bonds. The van der Waals surface area contributed by atoms with Gasteiger partial charge in [-0.25, -0.2) is 8.78 Å². The van der Waals surface area contributed by atoms with Gasteiger partial charge in [-0.05, 0) is 42.9 Å². The Morgan fingerprint density at radius 1 is 1.05 bits per heavy atom. The van der Waals surface area contributed by atoms with E-state index in [1.165, 1.54) is 17.8 Å². The smallest absolute Gasteiger partial charge is 0.159 e. The Morgan fingerprint density at radius 2 is 1.74 bits per heavy atom. The van der Waals surface area contributed by atoms with E-state index in [2.05, 4.69) is 21.2 Å². The van der Waals surface area contributed by atoms with Gasteiger partial charge < -0.3 is 5.32 Å². The van der Waals surface area contributed by atoms with Gasteiger partial charge in [-0.1, -0.05) is 33.8 Å². The first kappa shape index (κ1) is 14.5. The summed E-state index contributed by atoms with van der Waals surface area (Å²) in [7, 11) is 1.89. The van der Waals surface area contributed by atoms with Crippen molar-refractivity contribution >= 4 is 27.7 Å². The van der Waals surface area contributed by atoms with E-state index in [-0.39, 0.29) is 0 Å². The quantitative estimate of drug-likeness (QED) is 0.870. The van der Waals surface area contributed by atoms with Gasteiger partial charge in [-0.2, -0.15) is 0 Å². The number of rotatable bonds is 4. The van der Waals surface area contributed by atoms with Crippen LogP contribution in [0.2, 0.25) is 0 Å². The predicted molar refractivity (Wildman–Crippen MR) is 77.4 cm³/mol. The Labute approximate surface area is 123 Å². The lowest BCUT2D eigenvalue weighted by Crippen LogP contribution is -2.05. The number of benzene rings is 2. The van der Waals surface area contributed by atoms with Crippen LogP contribution >= 0.6 is 27.7 Å². The molecule has 0 fully saturated rings. The molecule has 100 valence electrons. The van der Waals surface area contributed by atoms with Crippen LogP contribution in [0.1, 0.15) is 5.56 Å². The predicted octanol–water partition coefficient (Wildman–Crippen LogP) is 4.60. The molecule has 0 radical (unpaired) electrons. The summed E-state index contributed by atoms with van der Waals surface area (Å²) in [4.78, 5) is 1.64. The van der Waals surface area contributed by atoms with Gasteiger partial charge in [0.05, 0.1) is 0 Å². The maximum Gasteiger partial charge on any atom is 0.159 e. The molecule has 19 heavy (non-hydrogen) atoms. The average molecular weight is 344 g/mol. The molecule has 1 N–H and O–H groups in total. The summed E-state index contributed by atoms with van der Waals surface area (Å²) in [5, 5.41) is 3.08. The summed E-state index contributed by atoms with van der Waals surface area (Å²) in [6.07, 6.45) is 0. The first-order valence-electron chi connectivity index (χ1n) is 5.66. The molecule has 0 saturated carbocycles. The van der Waals surface area contributed by atoms with Crippen LogP contribution in [0.5, 0.6) is 0 Å². The fourth-order valence-corrected chi connectivity index (χ4v) is 3.16. The standard InChI is InChI=1S/C14H12BrF2NS/c1-18-8-9-2-3-10(6-12(9)15)19-11-4-5-13(16)14(17)7-11/h2-7,18H,8H2,1H3. The topological polar surface area (TPSA) is 12.0 Å². The van der Waals surface area contributed by atoms with E-state index in [4.69, 9.17) is 0 Å². The number of hydrogen-bond acceptors (Lipinski definition) is 2. The molecule has 2 aromatic carbocycles. The highest BCUT2D eigenvalue weighted by atomic mass is 79.9. The average Bonchev–Trinajstić information content (AvgIpc) is 2.37. The maximum absolute atomic E-state index is 13.1. The van der Waals surface area contributed by atoms with Crippen molar-refractivity contribution in [2.75, 3.05) is 7.05 Å². The lowest BCUT2D eigenvalue weighted by atomic mass is 10.2. The van der Waals surface area contributed by atoms with Crippen LogP contribution in [-0.4, -0.2) is 7.05 Å². The fourth-order valence-electron chi connectivity index (χ4n) is 1.60. The Morgan fingerprint density at radius 3 is 2.37 bits per heavy atom. The zero-order valence-corrected chi connectivity index (χ0v) is 12.6. The van der Waals surface area contributed by atoms with E-state index in [1.54, 1.807) is 6.07 Å². The molecule has 0 saturated heterocycles. The maximum atomic E-state index is 13.1. The Hall–Kier alpha value is -0.910. The van der Waals surface area contributed by atoms with Gasteiger partial charge in [-0.15, -0.1) is 0 Å². The highest BCUT2D eigenvalue weighted by Crippen LogP contribution is 2.31. The molecule has 0 spiro atoms. The molecule has 0 unspecified atom stereocenters.